The normalized spacial score (nSPS) is 18.4. The first kappa shape index (κ1) is 16.5. The fraction of sp³-hybridized carbons (Fsp3) is 0.368. The highest BCUT2D eigenvalue weighted by atomic mass is 79.9. The van der Waals surface area contributed by atoms with E-state index in [0.29, 0.717) is 24.7 Å². The summed E-state index contributed by atoms with van der Waals surface area (Å²) in [6, 6.07) is 8.24. The highest BCUT2D eigenvalue weighted by Crippen LogP contribution is 2.43. The molecule has 1 atom stereocenters. The SMILES string of the molecule is COc1cc(Br)c(C2NCCc3cc4c(cc32)OCCO4)cc1OC. The Bertz CT molecular complexity index is 808. The van der Waals surface area contributed by atoms with Gasteiger partial charge >= 0.3 is 0 Å². The molecule has 2 aromatic carbocycles. The van der Waals surface area contributed by atoms with Crippen LogP contribution in [0.5, 0.6) is 23.0 Å². The van der Waals surface area contributed by atoms with Crippen LogP contribution in [-0.2, 0) is 6.42 Å². The van der Waals surface area contributed by atoms with E-state index in [2.05, 4.69) is 33.4 Å². The van der Waals surface area contributed by atoms with Gasteiger partial charge in [0.25, 0.3) is 0 Å². The van der Waals surface area contributed by atoms with E-state index < -0.39 is 0 Å². The van der Waals surface area contributed by atoms with Crippen LogP contribution in [0.3, 0.4) is 0 Å². The molecule has 132 valence electrons. The minimum Gasteiger partial charge on any atom is -0.493 e. The number of halogens is 1. The van der Waals surface area contributed by atoms with Crippen molar-refractivity contribution in [1.29, 1.82) is 0 Å². The lowest BCUT2D eigenvalue weighted by Gasteiger charge is -2.30. The van der Waals surface area contributed by atoms with Crippen molar-refractivity contribution in [2.75, 3.05) is 34.0 Å². The molecule has 0 saturated carbocycles. The highest BCUT2D eigenvalue weighted by Gasteiger charge is 2.27. The van der Waals surface area contributed by atoms with Gasteiger partial charge in [0.05, 0.1) is 20.3 Å². The Morgan fingerprint density at radius 2 is 1.64 bits per heavy atom. The number of hydrogen-bond acceptors (Lipinski definition) is 5. The van der Waals surface area contributed by atoms with Gasteiger partial charge in [-0.3, -0.25) is 0 Å². The Labute approximate surface area is 155 Å². The zero-order valence-corrected chi connectivity index (χ0v) is 15.8. The molecular weight excluding hydrogens is 386 g/mol. The lowest BCUT2D eigenvalue weighted by molar-refractivity contribution is 0.171. The molecule has 25 heavy (non-hydrogen) atoms. The Balaban J connectivity index is 1.81. The van der Waals surface area contributed by atoms with Crippen molar-refractivity contribution < 1.29 is 18.9 Å². The molecule has 0 fully saturated rings. The van der Waals surface area contributed by atoms with Crippen LogP contribution in [0.25, 0.3) is 0 Å². The summed E-state index contributed by atoms with van der Waals surface area (Å²) in [7, 11) is 3.29. The second-order valence-electron chi connectivity index (χ2n) is 6.06. The molecule has 0 saturated heterocycles. The van der Waals surface area contributed by atoms with E-state index in [0.717, 1.165) is 34.5 Å². The van der Waals surface area contributed by atoms with E-state index in [9.17, 15) is 0 Å². The third kappa shape index (κ3) is 2.93. The molecule has 0 radical (unpaired) electrons. The van der Waals surface area contributed by atoms with Crippen molar-refractivity contribution in [1.82, 2.24) is 5.32 Å². The molecule has 2 aliphatic rings. The fourth-order valence-electron chi connectivity index (χ4n) is 3.46. The van der Waals surface area contributed by atoms with Crippen molar-refractivity contribution >= 4 is 15.9 Å². The lowest BCUT2D eigenvalue weighted by atomic mass is 9.89. The molecule has 6 heteroatoms. The van der Waals surface area contributed by atoms with E-state index in [-0.39, 0.29) is 6.04 Å². The minimum absolute atomic E-state index is 0.0498. The molecule has 2 aromatic rings. The zero-order valence-electron chi connectivity index (χ0n) is 14.2. The third-order valence-corrected chi connectivity index (χ3v) is 5.36. The number of methoxy groups -OCH3 is 2. The lowest BCUT2D eigenvalue weighted by Crippen LogP contribution is -2.31. The molecule has 0 spiro atoms. The first-order valence-corrected chi connectivity index (χ1v) is 9.07. The maximum absolute atomic E-state index is 5.78. The first-order chi connectivity index (χ1) is 12.2. The summed E-state index contributed by atoms with van der Waals surface area (Å²) in [5.74, 6) is 3.08. The zero-order chi connectivity index (χ0) is 17.4. The second-order valence-corrected chi connectivity index (χ2v) is 6.91. The summed E-state index contributed by atoms with van der Waals surface area (Å²) in [4.78, 5) is 0. The van der Waals surface area contributed by atoms with Gasteiger partial charge in [0.15, 0.2) is 23.0 Å². The Morgan fingerprint density at radius 3 is 2.36 bits per heavy atom. The molecule has 5 nitrogen and oxygen atoms in total. The summed E-state index contributed by atoms with van der Waals surface area (Å²) in [6.45, 7) is 2.09. The third-order valence-electron chi connectivity index (χ3n) is 4.67. The van der Waals surface area contributed by atoms with E-state index in [4.69, 9.17) is 18.9 Å². The molecule has 2 aliphatic heterocycles. The molecule has 0 amide bonds. The van der Waals surface area contributed by atoms with Crippen LogP contribution in [0.2, 0.25) is 0 Å². The van der Waals surface area contributed by atoms with Crippen LogP contribution in [0.1, 0.15) is 22.7 Å². The van der Waals surface area contributed by atoms with E-state index in [1.165, 1.54) is 11.1 Å². The Hall–Kier alpha value is -1.92. The van der Waals surface area contributed by atoms with Gasteiger partial charge in [0.2, 0.25) is 0 Å². The topological polar surface area (TPSA) is 49.0 Å². The van der Waals surface area contributed by atoms with Crippen LogP contribution < -0.4 is 24.3 Å². The number of nitrogens with one attached hydrogen (secondary N) is 1. The number of hydrogen-bond donors (Lipinski definition) is 1. The van der Waals surface area contributed by atoms with Crippen molar-refractivity contribution in [3.8, 4) is 23.0 Å². The van der Waals surface area contributed by atoms with Gasteiger partial charge < -0.3 is 24.3 Å². The summed E-state index contributed by atoms with van der Waals surface area (Å²) >= 11 is 3.68. The average Bonchev–Trinajstić information content (AvgIpc) is 2.65. The molecule has 2 heterocycles. The molecular formula is C19H20BrNO4. The van der Waals surface area contributed by atoms with Crippen LogP contribution >= 0.6 is 15.9 Å². The fourth-order valence-corrected chi connectivity index (χ4v) is 4.01. The largest absolute Gasteiger partial charge is 0.493 e. The monoisotopic (exact) mass is 405 g/mol. The van der Waals surface area contributed by atoms with Gasteiger partial charge in [-0.1, -0.05) is 15.9 Å². The number of rotatable bonds is 3. The molecule has 1 N–H and O–H groups in total. The van der Waals surface area contributed by atoms with Crippen LogP contribution in [0.15, 0.2) is 28.7 Å². The Kier molecular flexibility index (Phi) is 4.48. The quantitative estimate of drug-likeness (QED) is 0.846. The van der Waals surface area contributed by atoms with Crippen molar-refractivity contribution in [2.45, 2.75) is 12.5 Å². The van der Waals surface area contributed by atoms with Gasteiger partial charge in [-0.15, -0.1) is 0 Å². The van der Waals surface area contributed by atoms with Gasteiger partial charge in [0.1, 0.15) is 13.2 Å². The maximum atomic E-state index is 5.78. The molecule has 0 aromatic heterocycles. The van der Waals surface area contributed by atoms with E-state index in [1.54, 1.807) is 14.2 Å². The summed E-state index contributed by atoms with van der Waals surface area (Å²) < 4.78 is 23.4. The standard InChI is InChI=1S/C19H20BrNO4/c1-22-15-9-13(14(20)10-16(15)23-2)19-12-8-18-17(24-5-6-25-18)7-11(12)3-4-21-19/h7-10,19,21H,3-6H2,1-2H3. The van der Waals surface area contributed by atoms with Crippen molar-refractivity contribution in [2.24, 2.45) is 0 Å². The predicted molar refractivity (Wildman–Crippen MR) is 98.2 cm³/mol. The van der Waals surface area contributed by atoms with Crippen molar-refractivity contribution in [3.63, 3.8) is 0 Å². The maximum Gasteiger partial charge on any atom is 0.161 e. The van der Waals surface area contributed by atoms with Gasteiger partial charge in [-0.2, -0.15) is 0 Å². The van der Waals surface area contributed by atoms with Crippen LogP contribution in [0, 0.1) is 0 Å². The van der Waals surface area contributed by atoms with Crippen molar-refractivity contribution in [3.05, 3.63) is 45.4 Å². The summed E-state index contributed by atoms with van der Waals surface area (Å²) in [5, 5.41) is 3.61. The van der Waals surface area contributed by atoms with E-state index >= 15 is 0 Å². The highest BCUT2D eigenvalue weighted by molar-refractivity contribution is 9.10. The molecule has 4 rings (SSSR count). The predicted octanol–water partition coefficient (Wildman–Crippen LogP) is 3.47. The number of ether oxygens (including phenoxy) is 4. The average molecular weight is 406 g/mol. The van der Waals surface area contributed by atoms with Gasteiger partial charge in [-0.25, -0.2) is 0 Å². The number of benzene rings is 2. The summed E-state index contributed by atoms with van der Waals surface area (Å²) in [5.41, 5.74) is 3.60. The van der Waals surface area contributed by atoms with Gasteiger partial charge in [0, 0.05) is 11.0 Å². The molecule has 0 aliphatic carbocycles. The van der Waals surface area contributed by atoms with Crippen LogP contribution in [-0.4, -0.2) is 34.0 Å². The Morgan fingerprint density at radius 1 is 0.960 bits per heavy atom. The second kappa shape index (κ2) is 6.77. The molecule has 1 unspecified atom stereocenters. The smallest absolute Gasteiger partial charge is 0.161 e. The first-order valence-electron chi connectivity index (χ1n) is 8.28. The number of fused-ring (bicyclic) bond motifs is 2. The molecule has 0 bridgehead atoms. The minimum atomic E-state index is 0.0498. The summed E-state index contributed by atoms with van der Waals surface area (Å²) in [6.07, 6.45) is 0.966. The van der Waals surface area contributed by atoms with Gasteiger partial charge in [-0.05, 0) is 47.4 Å². The van der Waals surface area contributed by atoms with Crippen LogP contribution in [0.4, 0.5) is 0 Å². The van der Waals surface area contributed by atoms with E-state index in [1.807, 2.05) is 12.1 Å².